The second-order valence-electron chi connectivity index (χ2n) is 9.47. The smallest absolute Gasteiger partial charge is 0.245 e. The number of carbonyl (C=O) groups excluding carboxylic acids is 3. The molecule has 33 heavy (non-hydrogen) atoms. The van der Waals surface area contributed by atoms with Crippen molar-refractivity contribution in [3.63, 3.8) is 0 Å². The SMILES string of the molecule is CCC[C@H](C(=O)NCC)[C@@H](CC(C)C)C(=O)N[C@H]1CCCCN(Cc2cccc(I)c2)C1=O. The van der Waals surface area contributed by atoms with Gasteiger partial charge in [-0.1, -0.05) is 39.3 Å². The average molecular weight is 570 g/mol. The van der Waals surface area contributed by atoms with Crippen molar-refractivity contribution in [3.8, 4) is 0 Å². The monoisotopic (exact) mass is 569 g/mol. The highest BCUT2D eigenvalue weighted by molar-refractivity contribution is 14.1. The summed E-state index contributed by atoms with van der Waals surface area (Å²) in [5.41, 5.74) is 1.10. The van der Waals surface area contributed by atoms with Gasteiger partial charge in [-0.05, 0) is 85.2 Å². The van der Waals surface area contributed by atoms with Crippen molar-refractivity contribution in [3.05, 3.63) is 33.4 Å². The van der Waals surface area contributed by atoms with Gasteiger partial charge in [0.2, 0.25) is 17.7 Å². The number of halogens is 1. The lowest BCUT2D eigenvalue weighted by Gasteiger charge is -2.30. The van der Waals surface area contributed by atoms with Gasteiger partial charge >= 0.3 is 0 Å². The van der Waals surface area contributed by atoms with Gasteiger partial charge in [0, 0.05) is 35.0 Å². The third kappa shape index (κ3) is 8.58. The molecular weight excluding hydrogens is 529 g/mol. The van der Waals surface area contributed by atoms with Crippen LogP contribution in [0.5, 0.6) is 0 Å². The molecule has 1 heterocycles. The van der Waals surface area contributed by atoms with E-state index >= 15 is 0 Å². The minimum atomic E-state index is -0.533. The fourth-order valence-electron chi connectivity index (χ4n) is 4.62. The maximum atomic E-state index is 13.5. The summed E-state index contributed by atoms with van der Waals surface area (Å²) in [4.78, 5) is 41.5. The van der Waals surface area contributed by atoms with Crippen LogP contribution >= 0.6 is 22.6 Å². The highest BCUT2D eigenvalue weighted by atomic mass is 127. The molecule has 0 aromatic heterocycles. The zero-order chi connectivity index (χ0) is 24.4. The Morgan fingerprint density at radius 1 is 1.15 bits per heavy atom. The number of benzene rings is 1. The number of nitrogens with zero attached hydrogens (tertiary/aromatic N) is 1. The van der Waals surface area contributed by atoms with E-state index in [2.05, 4.69) is 53.1 Å². The largest absolute Gasteiger partial charge is 0.356 e. The summed E-state index contributed by atoms with van der Waals surface area (Å²) in [6, 6.07) is 7.63. The minimum Gasteiger partial charge on any atom is -0.356 e. The first-order valence-corrected chi connectivity index (χ1v) is 13.5. The Bertz CT molecular complexity index is 799. The van der Waals surface area contributed by atoms with E-state index in [4.69, 9.17) is 0 Å². The van der Waals surface area contributed by atoms with Gasteiger partial charge in [0.15, 0.2) is 0 Å². The normalized spacial score (nSPS) is 18.5. The molecule has 1 fully saturated rings. The molecule has 2 rings (SSSR count). The number of carbonyl (C=O) groups is 3. The molecule has 184 valence electrons. The molecule has 1 aromatic carbocycles. The summed E-state index contributed by atoms with van der Waals surface area (Å²) in [5, 5.41) is 5.97. The van der Waals surface area contributed by atoms with Crippen LogP contribution in [0.15, 0.2) is 24.3 Å². The molecule has 1 aromatic rings. The van der Waals surface area contributed by atoms with E-state index in [0.29, 0.717) is 38.9 Å². The number of hydrogen-bond donors (Lipinski definition) is 2. The van der Waals surface area contributed by atoms with Gasteiger partial charge in [0.05, 0.1) is 0 Å². The lowest BCUT2D eigenvalue weighted by atomic mass is 9.81. The quantitative estimate of drug-likeness (QED) is 0.386. The number of amides is 3. The summed E-state index contributed by atoms with van der Waals surface area (Å²) in [6.45, 7) is 9.86. The zero-order valence-electron chi connectivity index (χ0n) is 20.5. The lowest BCUT2D eigenvalue weighted by molar-refractivity contribution is -0.140. The van der Waals surface area contributed by atoms with Crippen molar-refractivity contribution < 1.29 is 14.4 Å². The topological polar surface area (TPSA) is 78.5 Å². The third-order valence-electron chi connectivity index (χ3n) is 6.19. The van der Waals surface area contributed by atoms with Gasteiger partial charge in [-0.25, -0.2) is 0 Å². The van der Waals surface area contributed by atoms with Gasteiger partial charge in [-0.3, -0.25) is 14.4 Å². The number of nitrogens with one attached hydrogen (secondary N) is 2. The molecule has 0 radical (unpaired) electrons. The zero-order valence-corrected chi connectivity index (χ0v) is 22.7. The predicted molar refractivity (Wildman–Crippen MR) is 140 cm³/mol. The van der Waals surface area contributed by atoms with Crippen molar-refractivity contribution in [2.75, 3.05) is 13.1 Å². The van der Waals surface area contributed by atoms with E-state index in [0.717, 1.165) is 28.4 Å². The number of likely N-dealkylation sites (tertiary alicyclic amines) is 1. The van der Waals surface area contributed by atoms with Gasteiger partial charge in [0.25, 0.3) is 0 Å². The highest BCUT2D eigenvalue weighted by Crippen LogP contribution is 2.26. The van der Waals surface area contributed by atoms with Crippen LogP contribution in [0.1, 0.15) is 71.8 Å². The second kappa shape index (κ2) is 13.9. The van der Waals surface area contributed by atoms with E-state index < -0.39 is 12.0 Å². The standard InChI is InChI=1S/C26H40IN3O3/c1-5-10-21(24(31)28-6-2)22(15-18(3)4)25(32)29-23-13-7-8-14-30(26(23)33)17-19-11-9-12-20(27)16-19/h9,11-12,16,18,21-23H,5-8,10,13-15,17H2,1-4H3,(H,28,31)(H,29,32)/t21-,22+,23-/m0/s1. The van der Waals surface area contributed by atoms with Crippen LogP contribution in [0, 0.1) is 21.3 Å². The molecule has 1 aliphatic rings. The molecule has 0 spiro atoms. The Morgan fingerprint density at radius 2 is 1.91 bits per heavy atom. The van der Waals surface area contributed by atoms with Gasteiger partial charge in [-0.2, -0.15) is 0 Å². The Morgan fingerprint density at radius 3 is 2.55 bits per heavy atom. The summed E-state index contributed by atoms with van der Waals surface area (Å²) >= 11 is 2.28. The average Bonchev–Trinajstić information content (AvgIpc) is 2.92. The van der Waals surface area contributed by atoms with Crippen LogP contribution < -0.4 is 10.6 Å². The Labute approximate surface area is 212 Å². The second-order valence-corrected chi connectivity index (χ2v) is 10.7. The van der Waals surface area contributed by atoms with E-state index in [1.807, 2.05) is 36.9 Å². The molecule has 0 saturated carbocycles. The lowest BCUT2D eigenvalue weighted by Crippen LogP contribution is -2.51. The van der Waals surface area contributed by atoms with Crippen LogP contribution in [-0.4, -0.2) is 41.8 Å². The molecule has 0 aliphatic carbocycles. The van der Waals surface area contributed by atoms with Crippen LogP contribution in [-0.2, 0) is 20.9 Å². The third-order valence-corrected chi connectivity index (χ3v) is 6.87. The Balaban J connectivity index is 2.17. The first-order valence-electron chi connectivity index (χ1n) is 12.4. The van der Waals surface area contributed by atoms with Crippen LogP contribution in [0.4, 0.5) is 0 Å². The van der Waals surface area contributed by atoms with Crippen molar-refractivity contribution in [1.29, 1.82) is 0 Å². The molecule has 6 nitrogen and oxygen atoms in total. The summed E-state index contributed by atoms with van der Waals surface area (Å²) in [6.07, 6.45) is 4.57. The summed E-state index contributed by atoms with van der Waals surface area (Å²) < 4.78 is 1.14. The van der Waals surface area contributed by atoms with Gasteiger partial charge in [-0.15, -0.1) is 0 Å². The fraction of sp³-hybridized carbons (Fsp3) is 0.654. The molecular formula is C26H40IN3O3. The van der Waals surface area contributed by atoms with E-state index in [-0.39, 0.29) is 29.6 Å². The number of hydrogen-bond acceptors (Lipinski definition) is 3. The minimum absolute atomic E-state index is 0.0203. The molecule has 0 bridgehead atoms. The van der Waals surface area contributed by atoms with E-state index in [1.54, 1.807) is 0 Å². The van der Waals surface area contributed by atoms with Crippen molar-refractivity contribution in [1.82, 2.24) is 15.5 Å². The van der Waals surface area contributed by atoms with Gasteiger partial charge in [0.1, 0.15) is 6.04 Å². The van der Waals surface area contributed by atoms with Crippen molar-refractivity contribution in [2.24, 2.45) is 17.8 Å². The maximum absolute atomic E-state index is 13.5. The molecule has 1 aliphatic heterocycles. The molecule has 3 amide bonds. The first kappa shape index (κ1) is 27.6. The van der Waals surface area contributed by atoms with Crippen molar-refractivity contribution >= 4 is 40.3 Å². The van der Waals surface area contributed by atoms with Crippen molar-refractivity contribution in [2.45, 2.75) is 78.8 Å². The van der Waals surface area contributed by atoms with Crippen LogP contribution in [0.3, 0.4) is 0 Å². The molecule has 2 N–H and O–H groups in total. The predicted octanol–water partition coefficient (Wildman–Crippen LogP) is 4.50. The molecule has 3 atom stereocenters. The molecule has 7 heteroatoms. The van der Waals surface area contributed by atoms with Crippen LogP contribution in [0.25, 0.3) is 0 Å². The van der Waals surface area contributed by atoms with E-state index in [1.165, 1.54) is 0 Å². The summed E-state index contributed by atoms with van der Waals surface area (Å²) in [5.74, 6) is -0.780. The first-order chi connectivity index (χ1) is 15.8. The molecule has 1 saturated heterocycles. The Kier molecular flexibility index (Phi) is 11.6. The highest BCUT2D eigenvalue weighted by Gasteiger charge is 2.36. The molecule has 0 unspecified atom stereocenters. The Hall–Kier alpha value is -1.64. The van der Waals surface area contributed by atoms with Crippen LogP contribution in [0.2, 0.25) is 0 Å². The van der Waals surface area contributed by atoms with E-state index in [9.17, 15) is 14.4 Å². The maximum Gasteiger partial charge on any atom is 0.245 e. The number of rotatable bonds is 11. The summed E-state index contributed by atoms with van der Waals surface area (Å²) in [7, 11) is 0. The fourth-order valence-corrected chi connectivity index (χ4v) is 5.23. The van der Waals surface area contributed by atoms with Gasteiger partial charge < -0.3 is 15.5 Å².